The van der Waals surface area contributed by atoms with Crippen LogP contribution in [0, 0.1) is 37.5 Å². The van der Waals surface area contributed by atoms with Crippen molar-refractivity contribution < 1.29 is 23.9 Å². The molecule has 1 aromatic rings. The fourth-order valence-corrected chi connectivity index (χ4v) is 5.17. The molecule has 0 unspecified atom stereocenters. The molecule has 154 valence electrons. The zero-order valence-electron chi connectivity index (χ0n) is 16.8. The Morgan fingerprint density at radius 2 is 1.76 bits per heavy atom. The Morgan fingerprint density at radius 3 is 2.41 bits per heavy atom. The van der Waals surface area contributed by atoms with Crippen LogP contribution in [0.25, 0.3) is 0 Å². The van der Waals surface area contributed by atoms with Gasteiger partial charge in [0.25, 0.3) is 5.91 Å². The molecule has 0 aromatic heterocycles. The van der Waals surface area contributed by atoms with Crippen molar-refractivity contribution in [3.05, 3.63) is 29.3 Å². The minimum absolute atomic E-state index is 0.0293. The minimum atomic E-state index is -0.596. The molecule has 0 spiro atoms. The van der Waals surface area contributed by atoms with Crippen molar-refractivity contribution in [1.82, 2.24) is 4.90 Å². The third-order valence-electron chi connectivity index (χ3n) is 6.59. The number of esters is 1. The number of ether oxygens (including phenoxy) is 1. The van der Waals surface area contributed by atoms with Crippen molar-refractivity contribution in [2.24, 2.45) is 23.7 Å². The van der Waals surface area contributed by atoms with Gasteiger partial charge in [-0.2, -0.15) is 0 Å². The fourth-order valence-electron chi connectivity index (χ4n) is 5.17. The summed E-state index contributed by atoms with van der Waals surface area (Å²) in [6, 6.07) is 5.71. The number of hydrogen-bond donors (Lipinski definition) is 1. The van der Waals surface area contributed by atoms with E-state index >= 15 is 0 Å². The summed E-state index contributed by atoms with van der Waals surface area (Å²) in [6.07, 6.45) is 2.94. The molecule has 4 atom stereocenters. The first-order chi connectivity index (χ1) is 13.8. The molecule has 7 heteroatoms. The predicted octanol–water partition coefficient (Wildman–Crippen LogP) is 2.21. The molecule has 2 bridgehead atoms. The van der Waals surface area contributed by atoms with Gasteiger partial charge in [-0.15, -0.1) is 0 Å². The molecule has 3 amide bonds. The maximum Gasteiger partial charge on any atom is 0.308 e. The van der Waals surface area contributed by atoms with Gasteiger partial charge in [0.2, 0.25) is 11.8 Å². The Balaban J connectivity index is 1.24. The number of anilines is 1. The average Bonchev–Trinajstić information content (AvgIpc) is 3.36. The highest BCUT2D eigenvalue weighted by Crippen LogP contribution is 2.56. The number of likely N-dealkylation sites (tertiary alicyclic amines) is 1. The van der Waals surface area contributed by atoms with Gasteiger partial charge in [-0.3, -0.25) is 24.1 Å². The summed E-state index contributed by atoms with van der Waals surface area (Å²) < 4.78 is 5.02. The quantitative estimate of drug-likeness (QED) is 0.586. The first kappa shape index (κ1) is 19.6. The molecular weight excluding hydrogens is 372 g/mol. The molecule has 29 heavy (non-hydrogen) atoms. The molecule has 7 nitrogen and oxygen atoms in total. The molecule has 1 N–H and O–H groups in total. The molecule has 3 fully saturated rings. The molecule has 0 radical (unpaired) electrons. The lowest BCUT2D eigenvalue weighted by molar-refractivity contribution is -0.149. The second kappa shape index (κ2) is 7.61. The SMILES string of the molecule is Cc1ccc(C)c(NC(=O)COC(=O)CCN2C(=O)[C@H]3[C@H]4CC[C@@H](C4)[C@@H]3C2=O)c1. The van der Waals surface area contributed by atoms with E-state index in [-0.39, 0.29) is 36.6 Å². The lowest BCUT2D eigenvalue weighted by Gasteiger charge is -2.19. The number of hydrogen-bond acceptors (Lipinski definition) is 5. The van der Waals surface area contributed by atoms with Crippen molar-refractivity contribution >= 4 is 29.4 Å². The van der Waals surface area contributed by atoms with Crippen LogP contribution in [0.4, 0.5) is 5.69 Å². The Kier molecular flexibility index (Phi) is 5.15. The topological polar surface area (TPSA) is 92.8 Å². The Labute approximate surface area is 169 Å². The van der Waals surface area contributed by atoms with Gasteiger partial charge in [-0.05, 0) is 62.1 Å². The summed E-state index contributed by atoms with van der Waals surface area (Å²) in [5, 5.41) is 2.73. The summed E-state index contributed by atoms with van der Waals surface area (Å²) in [5.41, 5.74) is 2.61. The van der Waals surface area contributed by atoms with Crippen LogP contribution in [0.15, 0.2) is 18.2 Å². The van der Waals surface area contributed by atoms with Gasteiger partial charge in [0.15, 0.2) is 6.61 Å². The van der Waals surface area contributed by atoms with Gasteiger partial charge in [-0.1, -0.05) is 12.1 Å². The molecule has 1 aromatic carbocycles. The third-order valence-corrected chi connectivity index (χ3v) is 6.59. The van der Waals surface area contributed by atoms with Crippen LogP contribution in [-0.2, 0) is 23.9 Å². The van der Waals surface area contributed by atoms with Crippen LogP contribution < -0.4 is 5.32 Å². The van der Waals surface area contributed by atoms with Crippen LogP contribution in [0.5, 0.6) is 0 Å². The van der Waals surface area contributed by atoms with Crippen LogP contribution in [-0.4, -0.2) is 41.7 Å². The van der Waals surface area contributed by atoms with E-state index in [4.69, 9.17) is 4.74 Å². The van der Waals surface area contributed by atoms with E-state index in [2.05, 4.69) is 5.32 Å². The number of benzene rings is 1. The van der Waals surface area contributed by atoms with Crippen molar-refractivity contribution in [1.29, 1.82) is 0 Å². The highest BCUT2D eigenvalue weighted by atomic mass is 16.5. The molecule has 1 heterocycles. The van der Waals surface area contributed by atoms with Crippen LogP contribution in [0.1, 0.15) is 36.8 Å². The van der Waals surface area contributed by atoms with Crippen molar-refractivity contribution in [2.75, 3.05) is 18.5 Å². The smallest absolute Gasteiger partial charge is 0.308 e. The maximum absolute atomic E-state index is 12.6. The minimum Gasteiger partial charge on any atom is -0.456 e. The molecule has 4 rings (SSSR count). The number of carbonyl (C=O) groups is 4. The molecule has 2 aliphatic carbocycles. The lowest BCUT2D eigenvalue weighted by atomic mass is 9.81. The van der Waals surface area contributed by atoms with E-state index in [1.165, 1.54) is 4.90 Å². The first-order valence-electron chi connectivity index (χ1n) is 10.2. The normalized spacial score (nSPS) is 27.3. The zero-order valence-corrected chi connectivity index (χ0v) is 16.8. The molecular formula is C22H26N2O5. The van der Waals surface area contributed by atoms with Gasteiger partial charge in [-0.25, -0.2) is 0 Å². The number of amides is 3. The Bertz CT molecular complexity index is 852. The van der Waals surface area contributed by atoms with Gasteiger partial charge >= 0.3 is 5.97 Å². The van der Waals surface area contributed by atoms with E-state index in [9.17, 15) is 19.2 Å². The highest BCUT2D eigenvalue weighted by Gasteiger charge is 2.60. The summed E-state index contributed by atoms with van der Waals surface area (Å²) in [6.45, 7) is 3.44. The van der Waals surface area contributed by atoms with Crippen LogP contribution in [0.2, 0.25) is 0 Å². The lowest BCUT2D eigenvalue weighted by Crippen LogP contribution is -2.35. The summed E-state index contributed by atoms with van der Waals surface area (Å²) in [7, 11) is 0. The zero-order chi connectivity index (χ0) is 20.7. The molecule has 3 aliphatic rings. The monoisotopic (exact) mass is 398 g/mol. The number of imide groups is 1. The Hall–Kier alpha value is -2.70. The van der Waals surface area contributed by atoms with Gasteiger partial charge in [0.05, 0.1) is 18.3 Å². The average molecular weight is 398 g/mol. The van der Waals surface area contributed by atoms with Crippen molar-refractivity contribution in [2.45, 2.75) is 39.5 Å². The van der Waals surface area contributed by atoms with E-state index < -0.39 is 18.5 Å². The van der Waals surface area contributed by atoms with Gasteiger partial charge in [0, 0.05) is 12.2 Å². The van der Waals surface area contributed by atoms with Crippen LogP contribution in [0.3, 0.4) is 0 Å². The number of carbonyl (C=O) groups excluding carboxylic acids is 4. The molecule has 2 saturated carbocycles. The van der Waals surface area contributed by atoms with Gasteiger partial charge in [0.1, 0.15) is 0 Å². The van der Waals surface area contributed by atoms with E-state index in [1.807, 2.05) is 32.0 Å². The summed E-state index contributed by atoms with van der Waals surface area (Å²) >= 11 is 0. The third kappa shape index (κ3) is 3.66. The first-order valence-corrected chi connectivity index (χ1v) is 10.2. The number of aryl methyl sites for hydroxylation is 2. The number of nitrogens with one attached hydrogen (secondary N) is 1. The summed E-state index contributed by atoms with van der Waals surface area (Å²) in [5.74, 6) is -0.992. The maximum atomic E-state index is 12.6. The number of fused-ring (bicyclic) bond motifs is 5. The second-order valence-corrected chi connectivity index (χ2v) is 8.49. The number of rotatable bonds is 6. The van der Waals surface area contributed by atoms with Gasteiger partial charge < -0.3 is 10.1 Å². The van der Waals surface area contributed by atoms with E-state index in [1.54, 1.807) is 0 Å². The standard InChI is InChI=1S/C22H26N2O5/c1-12-3-4-13(2)16(9-12)23-17(25)11-29-18(26)7-8-24-21(27)19-14-5-6-15(10-14)20(19)22(24)28/h3-4,9,14-15,19-20H,5-8,10-11H2,1-2H3,(H,23,25)/t14-,15-,19-,20-/m0/s1. The second-order valence-electron chi connectivity index (χ2n) is 8.49. The van der Waals surface area contributed by atoms with Crippen molar-refractivity contribution in [3.8, 4) is 0 Å². The number of nitrogens with zero attached hydrogens (tertiary/aromatic N) is 1. The molecule has 1 aliphatic heterocycles. The fraction of sp³-hybridized carbons (Fsp3) is 0.545. The molecule has 1 saturated heterocycles. The Morgan fingerprint density at radius 1 is 1.10 bits per heavy atom. The summed E-state index contributed by atoms with van der Waals surface area (Å²) in [4.78, 5) is 50.5. The van der Waals surface area contributed by atoms with E-state index in [0.717, 1.165) is 30.4 Å². The largest absolute Gasteiger partial charge is 0.456 e. The van der Waals surface area contributed by atoms with Crippen molar-refractivity contribution in [3.63, 3.8) is 0 Å². The highest BCUT2D eigenvalue weighted by molar-refractivity contribution is 6.06. The van der Waals surface area contributed by atoms with Crippen LogP contribution >= 0.6 is 0 Å². The predicted molar refractivity (Wildman–Crippen MR) is 105 cm³/mol. The van der Waals surface area contributed by atoms with E-state index in [0.29, 0.717) is 17.5 Å².